The quantitative estimate of drug-likeness (QED) is 0.864. The minimum Gasteiger partial charge on any atom is -0.246 e. The fourth-order valence-electron chi connectivity index (χ4n) is 1.75. The average molecular weight is 313 g/mol. The summed E-state index contributed by atoms with van der Waals surface area (Å²) in [5.74, 6) is 0.662. The second-order valence-corrected chi connectivity index (χ2v) is 6.66. The number of halogens is 1. The summed E-state index contributed by atoms with van der Waals surface area (Å²) in [6.07, 6.45) is 0.807. The third-order valence-electron chi connectivity index (χ3n) is 2.95. The Hall–Kier alpha value is -1.17. The molecule has 1 N–H and O–H groups in total. The maximum atomic E-state index is 11.5. The predicted molar refractivity (Wildman–Crippen MR) is 74.2 cm³/mol. The first kappa shape index (κ1) is 13.3. The van der Waals surface area contributed by atoms with Crippen molar-refractivity contribution in [2.75, 3.05) is 0 Å². The standard InChI is InChI=1S/C12H17BrN4O/c1-7-14-8(5-9(13)12(2,3)4)6-10-15-16-11(18)17(7)10/h6,9H,5H2,1-4H3,(H,16,18). The normalized spacial score (nSPS) is 14.1. The molecule has 0 aliphatic rings. The highest BCUT2D eigenvalue weighted by Crippen LogP contribution is 2.28. The van der Waals surface area contributed by atoms with Crippen molar-refractivity contribution in [3.05, 3.63) is 28.1 Å². The summed E-state index contributed by atoms with van der Waals surface area (Å²) in [5, 5.41) is 6.41. The number of alkyl halides is 1. The Morgan fingerprint density at radius 3 is 2.78 bits per heavy atom. The number of nitrogens with zero attached hydrogens (tertiary/aromatic N) is 3. The average Bonchev–Trinajstić information content (AvgIpc) is 2.59. The van der Waals surface area contributed by atoms with Gasteiger partial charge in [-0.1, -0.05) is 36.7 Å². The van der Waals surface area contributed by atoms with Gasteiger partial charge < -0.3 is 0 Å². The highest BCUT2D eigenvalue weighted by molar-refractivity contribution is 9.09. The van der Waals surface area contributed by atoms with Crippen LogP contribution in [0.2, 0.25) is 0 Å². The van der Waals surface area contributed by atoms with Crippen LogP contribution in [0.5, 0.6) is 0 Å². The van der Waals surface area contributed by atoms with E-state index in [1.807, 2.05) is 13.0 Å². The number of H-pyrrole nitrogens is 1. The van der Waals surface area contributed by atoms with Gasteiger partial charge in [-0.25, -0.2) is 19.3 Å². The van der Waals surface area contributed by atoms with Gasteiger partial charge in [-0.2, -0.15) is 5.10 Å². The van der Waals surface area contributed by atoms with Crippen molar-refractivity contribution in [1.82, 2.24) is 19.6 Å². The molecule has 5 nitrogen and oxygen atoms in total. The molecule has 0 fully saturated rings. The van der Waals surface area contributed by atoms with Crippen molar-refractivity contribution in [2.45, 2.75) is 38.9 Å². The monoisotopic (exact) mass is 312 g/mol. The molecule has 0 aliphatic heterocycles. The van der Waals surface area contributed by atoms with E-state index >= 15 is 0 Å². The minimum atomic E-state index is -0.243. The zero-order chi connectivity index (χ0) is 13.5. The van der Waals surface area contributed by atoms with Gasteiger partial charge >= 0.3 is 5.69 Å². The van der Waals surface area contributed by atoms with Gasteiger partial charge in [0, 0.05) is 23.0 Å². The van der Waals surface area contributed by atoms with Crippen LogP contribution in [0.1, 0.15) is 32.3 Å². The lowest BCUT2D eigenvalue weighted by atomic mass is 9.89. The zero-order valence-electron chi connectivity index (χ0n) is 11.0. The number of rotatable bonds is 2. The first-order valence-electron chi connectivity index (χ1n) is 5.87. The molecule has 2 aromatic rings. The fraction of sp³-hybridized carbons (Fsp3) is 0.583. The van der Waals surface area contributed by atoms with E-state index in [0.717, 1.165) is 12.1 Å². The van der Waals surface area contributed by atoms with E-state index in [-0.39, 0.29) is 11.1 Å². The molecule has 0 saturated heterocycles. The number of fused-ring (bicyclic) bond motifs is 1. The molecular weight excluding hydrogens is 296 g/mol. The van der Waals surface area contributed by atoms with Crippen molar-refractivity contribution >= 4 is 21.6 Å². The van der Waals surface area contributed by atoms with Gasteiger partial charge in [-0.15, -0.1) is 0 Å². The third kappa shape index (κ3) is 2.48. The number of hydrogen-bond acceptors (Lipinski definition) is 3. The number of aryl methyl sites for hydroxylation is 1. The molecule has 2 heterocycles. The molecular formula is C12H17BrN4O. The largest absolute Gasteiger partial charge is 0.349 e. The lowest BCUT2D eigenvalue weighted by molar-refractivity contribution is 0.396. The van der Waals surface area contributed by atoms with Crippen LogP contribution >= 0.6 is 15.9 Å². The Kier molecular flexibility index (Phi) is 3.31. The fourth-order valence-corrected chi connectivity index (χ4v) is 2.08. The van der Waals surface area contributed by atoms with Crippen LogP contribution < -0.4 is 5.69 Å². The second-order valence-electron chi connectivity index (χ2n) is 5.55. The SMILES string of the molecule is Cc1nc(CC(Br)C(C)(C)C)cc2n[nH]c(=O)n12. The van der Waals surface area contributed by atoms with Gasteiger partial charge in [-0.3, -0.25) is 0 Å². The minimum absolute atomic E-state index is 0.160. The summed E-state index contributed by atoms with van der Waals surface area (Å²) < 4.78 is 1.48. The molecule has 98 valence electrons. The molecule has 0 aromatic carbocycles. The second kappa shape index (κ2) is 4.50. The molecule has 2 aromatic heterocycles. The molecule has 0 radical (unpaired) electrons. The first-order chi connectivity index (χ1) is 8.29. The van der Waals surface area contributed by atoms with Gasteiger partial charge in [0.05, 0.1) is 0 Å². The van der Waals surface area contributed by atoms with Crippen LogP contribution in [0, 0.1) is 12.3 Å². The van der Waals surface area contributed by atoms with Crippen LogP contribution in [0.15, 0.2) is 10.9 Å². The Bertz CT molecular complexity index is 623. The highest BCUT2D eigenvalue weighted by Gasteiger charge is 2.23. The van der Waals surface area contributed by atoms with Crippen molar-refractivity contribution in [2.24, 2.45) is 5.41 Å². The van der Waals surface area contributed by atoms with E-state index in [4.69, 9.17) is 0 Å². The van der Waals surface area contributed by atoms with Crippen LogP contribution in [0.25, 0.3) is 5.65 Å². The molecule has 1 unspecified atom stereocenters. The van der Waals surface area contributed by atoms with Gasteiger partial charge in [0.25, 0.3) is 0 Å². The van der Waals surface area contributed by atoms with Gasteiger partial charge in [0.1, 0.15) is 5.82 Å². The molecule has 18 heavy (non-hydrogen) atoms. The van der Waals surface area contributed by atoms with Crippen molar-refractivity contribution in [3.8, 4) is 0 Å². The van der Waals surface area contributed by atoms with E-state index in [2.05, 4.69) is 51.9 Å². The number of nitrogens with one attached hydrogen (secondary N) is 1. The van der Waals surface area contributed by atoms with Crippen molar-refractivity contribution < 1.29 is 0 Å². The molecule has 1 atom stereocenters. The van der Waals surface area contributed by atoms with E-state index in [1.165, 1.54) is 4.40 Å². The van der Waals surface area contributed by atoms with Crippen molar-refractivity contribution in [3.63, 3.8) is 0 Å². The molecule has 0 spiro atoms. The van der Waals surface area contributed by atoms with E-state index in [1.54, 1.807) is 0 Å². The molecule has 0 bridgehead atoms. The Balaban J connectivity index is 2.39. The summed E-state index contributed by atoms with van der Waals surface area (Å²) in [5.41, 5.74) is 1.48. The number of aromatic nitrogens is 4. The summed E-state index contributed by atoms with van der Waals surface area (Å²) >= 11 is 3.69. The molecule has 0 aliphatic carbocycles. The Morgan fingerprint density at radius 2 is 2.17 bits per heavy atom. The lowest BCUT2D eigenvalue weighted by Gasteiger charge is -2.25. The van der Waals surface area contributed by atoms with Crippen LogP contribution in [-0.2, 0) is 6.42 Å². The summed E-state index contributed by atoms with van der Waals surface area (Å²) in [6.45, 7) is 8.35. The molecule has 2 rings (SSSR count). The van der Waals surface area contributed by atoms with E-state index < -0.39 is 0 Å². The predicted octanol–water partition coefficient (Wildman–Crippen LogP) is 2.08. The van der Waals surface area contributed by atoms with Gasteiger partial charge in [0.15, 0.2) is 5.65 Å². The highest BCUT2D eigenvalue weighted by atomic mass is 79.9. The van der Waals surface area contributed by atoms with Gasteiger partial charge in [0.2, 0.25) is 0 Å². The number of hydrogen-bond donors (Lipinski definition) is 1. The Labute approximate surface area is 114 Å². The summed E-state index contributed by atoms with van der Waals surface area (Å²) in [7, 11) is 0. The topological polar surface area (TPSA) is 63.0 Å². The zero-order valence-corrected chi connectivity index (χ0v) is 12.6. The maximum Gasteiger partial charge on any atom is 0.349 e. The molecule has 6 heteroatoms. The smallest absolute Gasteiger partial charge is 0.246 e. The summed E-state index contributed by atoms with van der Waals surface area (Å²) in [4.78, 5) is 16.3. The third-order valence-corrected chi connectivity index (χ3v) is 4.65. The first-order valence-corrected chi connectivity index (χ1v) is 6.78. The summed E-state index contributed by atoms with van der Waals surface area (Å²) in [6, 6.07) is 1.85. The molecule has 0 amide bonds. The van der Waals surface area contributed by atoms with Crippen LogP contribution in [-0.4, -0.2) is 24.4 Å². The Morgan fingerprint density at radius 1 is 1.50 bits per heavy atom. The van der Waals surface area contributed by atoms with Crippen LogP contribution in [0.3, 0.4) is 0 Å². The maximum absolute atomic E-state index is 11.5. The number of aromatic amines is 1. The molecule has 0 saturated carbocycles. The lowest BCUT2D eigenvalue weighted by Crippen LogP contribution is -2.23. The van der Waals surface area contributed by atoms with Gasteiger partial charge in [-0.05, 0) is 12.3 Å². The van der Waals surface area contributed by atoms with Crippen molar-refractivity contribution in [1.29, 1.82) is 0 Å². The van der Waals surface area contributed by atoms with Crippen LogP contribution in [0.4, 0.5) is 0 Å². The van der Waals surface area contributed by atoms with E-state index in [0.29, 0.717) is 16.3 Å². The van der Waals surface area contributed by atoms with E-state index in [9.17, 15) is 4.79 Å².